The summed E-state index contributed by atoms with van der Waals surface area (Å²) < 4.78 is 2.04. The smallest absolute Gasteiger partial charge is 0.169 e. The Labute approximate surface area is 118 Å². The molecule has 20 heavy (non-hydrogen) atoms. The van der Waals surface area contributed by atoms with E-state index in [9.17, 15) is 4.79 Å². The average Bonchev–Trinajstić information content (AvgIpc) is 3.09. The molecule has 0 unspecified atom stereocenters. The summed E-state index contributed by atoms with van der Waals surface area (Å²) in [6, 6.07) is 4.28. The number of hydrogen-bond donors (Lipinski definition) is 0. The van der Waals surface area contributed by atoms with Gasteiger partial charge in [-0.05, 0) is 37.5 Å². The lowest BCUT2D eigenvalue weighted by molar-refractivity contribution is 0.0991. The first-order valence-corrected chi connectivity index (χ1v) is 7.22. The molecule has 1 saturated carbocycles. The van der Waals surface area contributed by atoms with Crippen LogP contribution in [0.2, 0.25) is 0 Å². The maximum absolute atomic E-state index is 12.3. The Morgan fingerprint density at radius 2 is 2.15 bits per heavy atom. The van der Waals surface area contributed by atoms with Crippen molar-refractivity contribution in [2.45, 2.75) is 45.1 Å². The zero-order chi connectivity index (χ0) is 13.9. The minimum Gasteiger partial charge on any atom is -0.294 e. The Morgan fingerprint density at radius 1 is 1.35 bits per heavy atom. The van der Waals surface area contributed by atoms with E-state index in [-0.39, 0.29) is 5.78 Å². The third-order valence-corrected chi connectivity index (χ3v) is 4.02. The van der Waals surface area contributed by atoms with Gasteiger partial charge < -0.3 is 0 Å². The molecule has 0 N–H and O–H groups in total. The van der Waals surface area contributed by atoms with E-state index >= 15 is 0 Å². The van der Waals surface area contributed by atoms with E-state index in [0.29, 0.717) is 12.5 Å². The number of carbonyl (C=O) groups excluding carboxylic acids is 1. The van der Waals surface area contributed by atoms with Gasteiger partial charge in [-0.2, -0.15) is 5.10 Å². The Kier molecular flexibility index (Phi) is 3.63. The van der Waals surface area contributed by atoms with Gasteiger partial charge in [0.1, 0.15) is 0 Å². The molecule has 2 aromatic heterocycles. The molecule has 104 valence electrons. The highest BCUT2D eigenvalue weighted by Gasteiger charge is 2.18. The number of carbonyl (C=O) groups is 1. The SMILES string of the molecule is Cc1cnccc1C(=O)Cc1ccn(C2CCCC2)n1. The lowest BCUT2D eigenvalue weighted by atomic mass is 10.0. The molecular formula is C16H19N3O. The third kappa shape index (κ3) is 2.64. The molecule has 3 rings (SSSR count). The Balaban J connectivity index is 1.72. The molecule has 2 aromatic rings. The molecule has 0 aromatic carbocycles. The molecule has 1 aliphatic rings. The number of nitrogens with zero attached hydrogens (tertiary/aromatic N) is 3. The molecule has 4 heteroatoms. The molecular weight excluding hydrogens is 250 g/mol. The Hall–Kier alpha value is -1.97. The molecule has 0 bridgehead atoms. The quantitative estimate of drug-likeness (QED) is 0.801. The second-order valence-corrected chi connectivity index (χ2v) is 5.52. The lowest BCUT2D eigenvalue weighted by Crippen LogP contribution is -2.09. The zero-order valence-corrected chi connectivity index (χ0v) is 11.7. The predicted molar refractivity (Wildman–Crippen MR) is 76.7 cm³/mol. The van der Waals surface area contributed by atoms with Gasteiger partial charge in [-0.3, -0.25) is 14.5 Å². The largest absolute Gasteiger partial charge is 0.294 e. The van der Waals surface area contributed by atoms with Crippen molar-refractivity contribution < 1.29 is 4.79 Å². The Morgan fingerprint density at radius 3 is 2.90 bits per heavy atom. The van der Waals surface area contributed by atoms with E-state index < -0.39 is 0 Å². The van der Waals surface area contributed by atoms with E-state index in [1.165, 1.54) is 25.7 Å². The summed E-state index contributed by atoms with van der Waals surface area (Å²) >= 11 is 0. The number of hydrogen-bond acceptors (Lipinski definition) is 3. The molecule has 0 radical (unpaired) electrons. The van der Waals surface area contributed by atoms with Crippen molar-refractivity contribution in [1.82, 2.24) is 14.8 Å². The normalized spacial score (nSPS) is 15.7. The molecule has 0 aliphatic heterocycles. The minimum atomic E-state index is 0.113. The fraction of sp³-hybridized carbons (Fsp3) is 0.438. The molecule has 0 spiro atoms. The molecule has 4 nitrogen and oxygen atoms in total. The van der Waals surface area contributed by atoms with Crippen LogP contribution in [0.4, 0.5) is 0 Å². The van der Waals surface area contributed by atoms with Gasteiger partial charge in [0.05, 0.1) is 18.2 Å². The van der Waals surface area contributed by atoms with Crippen LogP contribution >= 0.6 is 0 Å². The van der Waals surface area contributed by atoms with Crippen molar-refractivity contribution in [3.8, 4) is 0 Å². The van der Waals surface area contributed by atoms with Gasteiger partial charge >= 0.3 is 0 Å². The monoisotopic (exact) mass is 269 g/mol. The van der Waals surface area contributed by atoms with E-state index in [1.807, 2.05) is 23.9 Å². The summed E-state index contributed by atoms with van der Waals surface area (Å²) in [7, 11) is 0. The summed E-state index contributed by atoms with van der Waals surface area (Å²) in [5.74, 6) is 0.113. The van der Waals surface area contributed by atoms with E-state index in [2.05, 4.69) is 10.1 Å². The van der Waals surface area contributed by atoms with Crippen LogP contribution in [-0.2, 0) is 6.42 Å². The number of Topliss-reactive ketones (excluding diaryl/α,β-unsaturated/α-hetero) is 1. The molecule has 1 fully saturated rings. The standard InChI is InChI=1S/C16H19N3O/c1-12-11-17-8-6-15(12)16(20)10-13-7-9-19(18-13)14-4-2-3-5-14/h6-9,11,14H,2-5,10H2,1H3. The van der Waals surface area contributed by atoms with Crippen molar-refractivity contribution in [1.29, 1.82) is 0 Å². The molecule has 1 aliphatic carbocycles. The van der Waals surface area contributed by atoms with Crippen LogP contribution in [0.15, 0.2) is 30.7 Å². The summed E-state index contributed by atoms with van der Waals surface area (Å²) in [4.78, 5) is 16.3. The van der Waals surface area contributed by atoms with E-state index in [4.69, 9.17) is 0 Å². The zero-order valence-electron chi connectivity index (χ0n) is 11.7. The number of aryl methyl sites for hydroxylation is 1. The summed E-state index contributed by atoms with van der Waals surface area (Å²) in [6.07, 6.45) is 10.8. The van der Waals surface area contributed by atoms with Gasteiger partial charge in [-0.15, -0.1) is 0 Å². The topological polar surface area (TPSA) is 47.8 Å². The predicted octanol–water partition coefficient (Wildman–Crippen LogP) is 3.13. The maximum Gasteiger partial charge on any atom is 0.169 e. The maximum atomic E-state index is 12.3. The van der Waals surface area contributed by atoms with Crippen LogP contribution in [0, 0.1) is 6.92 Å². The van der Waals surface area contributed by atoms with Crippen LogP contribution in [0.5, 0.6) is 0 Å². The van der Waals surface area contributed by atoms with Crippen LogP contribution in [0.3, 0.4) is 0 Å². The van der Waals surface area contributed by atoms with Crippen molar-refractivity contribution in [2.24, 2.45) is 0 Å². The van der Waals surface area contributed by atoms with E-state index in [0.717, 1.165) is 16.8 Å². The van der Waals surface area contributed by atoms with Gasteiger partial charge in [0, 0.05) is 24.2 Å². The fourth-order valence-electron chi connectivity index (χ4n) is 2.89. The van der Waals surface area contributed by atoms with Gasteiger partial charge in [0.15, 0.2) is 5.78 Å². The minimum absolute atomic E-state index is 0.113. The molecule has 0 saturated heterocycles. The van der Waals surface area contributed by atoms with Gasteiger partial charge in [-0.1, -0.05) is 12.8 Å². The van der Waals surface area contributed by atoms with Crippen molar-refractivity contribution >= 4 is 5.78 Å². The highest BCUT2D eigenvalue weighted by Crippen LogP contribution is 2.28. The second kappa shape index (κ2) is 5.57. The first kappa shape index (κ1) is 13.0. The van der Waals surface area contributed by atoms with Gasteiger partial charge in [0.2, 0.25) is 0 Å². The van der Waals surface area contributed by atoms with Crippen molar-refractivity contribution in [2.75, 3.05) is 0 Å². The van der Waals surface area contributed by atoms with Crippen LogP contribution < -0.4 is 0 Å². The average molecular weight is 269 g/mol. The lowest BCUT2D eigenvalue weighted by Gasteiger charge is -2.08. The highest BCUT2D eigenvalue weighted by molar-refractivity contribution is 5.98. The van der Waals surface area contributed by atoms with Crippen molar-refractivity contribution in [3.63, 3.8) is 0 Å². The summed E-state index contributed by atoms with van der Waals surface area (Å²) in [5.41, 5.74) is 2.53. The molecule has 2 heterocycles. The number of rotatable bonds is 4. The van der Waals surface area contributed by atoms with Crippen LogP contribution in [0.25, 0.3) is 0 Å². The number of pyridine rings is 1. The number of aromatic nitrogens is 3. The molecule has 0 atom stereocenters. The first-order valence-electron chi connectivity index (χ1n) is 7.22. The van der Waals surface area contributed by atoms with Gasteiger partial charge in [-0.25, -0.2) is 0 Å². The summed E-state index contributed by atoms with van der Waals surface area (Å²) in [6.45, 7) is 1.91. The Bertz CT molecular complexity index is 612. The first-order chi connectivity index (χ1) is 9.74. The molecule has 0 amide bonds. The summed E-state index contributed by atoms with van der Waals surface area (Å²) in [5, 5.41) is 4.57. The highest BCUT2D eigenvalue weighted by atomic mass is 16.1. The van der Waals surface area contributed by atoms with E-state index in [1.54, 1.807) is 18.5 Å². The van der Waals surface area contributed by atoms with Crippen LogP contribution in [0.1, 0.15) is 53.3 Å². The van der Waals surface area contributed by atoms with Crippen molar-refractivity contribution in [3.05, 3.63) is 47.5 Å². The van der Waals surface area contributed by atoms with Crippen LogP contribution in [-0.4, -0.2) is 20.5 Å². The number of ketones is 1. The third-order valence-electron chi connectivity index (χ3n) is 4.02. The van der Waals surface area contributed by atoms with Gasteiger partial charge in [0.25, 0.3) is 0 Å². The second-order valence-electron chi connectivity index (χ2n) is 5.52. The fourth-order valence-corrected chi connectivity index (χ4v) is 2.89.